The second kappa shape index (κ2) is 27.1. The second-order valence-corrected chi connectivity index (χ2v) is 20.4. The molecule has 3 N–H and O–H groups in total. The largest absolute Gasteiger partial charge is 0.497 e. The fourth-order valence-electron chi connectivity index (χ4n) is 8.62. The number of ether oxygens (including phenoxy) is 4. The van der Waals surface area contributed by atoms with Gasteiger partial charge in [0.25, 0.3) is 0 Å². The third-order valence-electron chi connectivity index (χ3n) is 13.0. The summed E-state index contributed by atoms with van der Waals surface area (Å²) in [4.78, 5) is 69.3. The minimum absolute atomic E-state index is 0.120. The summed E-state index contributed by atoms with van der Waals surface area (Å²) in [5.41, 5.74) is 2.11. The van der Waals surface area contributed by atoms with E-state index in [4.69, 9.17) is 18.9 Å². The molecule has 0 radical (unpaired) electrons. The fourth-order valence-corrected chi connectivity index (χ4v) is 9.78. The molecule has 0 saturated heterocycles. The molecule has 0 bridgehead atoms. The van der Waals surface area contributed by atoms with Gasteiger partial charge in [0.05, 0.1) is 39.4 Å². The van der Waals surface area contributed by atoms with Crippen LogP contribution >= 0.6 is 11.9 Å². The first-order valence-corrected chi connectivity index (χ1v) is 25.3. The third-order valence-corrected chi connectivity index (χ3v) is 14.1. The first kappa shape index (κ1) is 55.2. The van der Waals surface area contributed by atoms with Gasteiger partial charge in [0, 0.05) is 47.8 Å². The van der Waals surface area contributed by atoms with Crippen molar-refractivity contribution in [3.63, 3.8) is 0 Å². The van der Waals surface area contributed by atoms with Gasteiger partial charge in [-0.2, -0.15) is 0 Å². The van der Waals surface area contributed by atoms with Crippen LogP contribution < -0.4 is 24.8 Å². The monoisotopic (exact) mass is 980 g/mol. The maximum atomic E-state index is 14.2. The number of anilines is 1. The van der Waals surface area contributed by atoms with Crippen molar-refractivity contribution in [3.8, 4) is 17.2 Å². The van der Waals surface area contributed by atoms with Gasteiger partial charge in [0.2, 0.25) is 23.4 Å². The summed E-state index contributed by atoms with van der Waals surface area (Å²) in [6.07, 6.45) is 2.14. The van der Waals surface area contributed by atoms with E-state index in [0.29, 0.717) is 73.7 Å². The average Bonchev–Trinajstić information content (AvgIpc) is 3.36. The van der Waals surface area contributed by atoms with E-state index in [2.05, 4.69) is 28.8 Å². The Morgan fingerprint density at radius 2 is 1.46 bits per heavy atom. The van der Waals surface area contributed by atoms with Gasteiger partial charge in [-0.1, -0.05) is 96.0 Å². The van der Waals surface area contributed by atoms with Gasteiger partial charge in [0.15, 0.2) is 11.5 Å². The van der Waals surface area contributed by atoms with Crippen LogP contribution in [0.3, 0.4) is 0 Å². The summed E-state index contributed by atoms with van der Waals surface area (Å²) in [5, 5.41) is 17.7. The maximum Gasteiger partial charge on any atom is 0.310 e. The molecule has 1 fully saturated rings. The van der Waals surface area contributed by atoms with E-state index in [1.807, 2.05) is 85.8 Å². The maximum absolute atomic E-state index is 14.2. The highest BCUT2D eigenvalue weighted by molar-refractivity contribution is 7.97. The van der Waals surface area contributed by atoms with Crippen molar-refractivity contribution >= 4 is 47.0 Å². The van der Waals surface area contributed by atoms with Crippen molar-refractivity contribution in [2.45, 2.75) is 122 Å². The number of rotatable bonds is 27. The molecule has 4 aromatic carbocycles. The molecule has 5 atom stereocenters. The van der Waals surface area contributed by atoms with Gasteiger partial charge in [-0.15, -0.1) is 0 Å². The van der Waals surface area contributed by atoms with E-state index >= 15 is 0 Å². The van der Waals surface area contributed by atoms with Crippen LogP contribution in [0, 0.1) is 23.2 Å². The Morgan fingerprint density at radius 1 is 0.771 bits per heavy atom. The van der Waals surface area contributed by atoms with Crippen LogP contribution in [0.5, 0.6) is 17.2 Å². The van der Waals surface area contributed by atoms with Crippen LogP contribution in [0.4, 0.5) is 5.69 Å². The van der Waals surface area contributed by atoms with Crippen LogP contribution in [0.2, 0.25) is 0 Å². The number of aliphatic hydroxyl groups excluding tert-OH is 1. The van der Waals surface area contributed by atoms with Gasteiger partial charge in [-0.3, -0.25) is 24.0 Å². The van der Waals surface area contributed by atoms with Crippen LogP contribution in [0.25, 0.3) is 0 Å². The normalized spacial score (nSPS) is 16.2. The molecule has 378 valence electrons. The lowest BCUT2D eigenvalue weighted by Crippen LogP contribution is -2.49. The Bertz CT molecular complexity index is 2340. The van der Waals surface area contributed by atoms with Gasteiger partial charge in [-0.25, -0.2) is 4.31 Å². The second-order valence-electron chi connectivity index (χ2n) is 19.2. The number of esters is 1. The summed E-state index contributed by atoms with van der Waals surface area (Å²) in [5.74, 6) is -1.57. The summed E-state index contributed by atoms with van der Waals surface area (Å²) in [7, 11) is 4.75. The third kappa shape index (κ3) is 16.4. The Kier molecular flexibility index (Phi) is 21.3. The number of amides is 2. The molecule has 70 heavy (non-hydrogen) atoms. The Morgan fingerprint density at radius 3 is 2.11 bits per heavy atom. The zero-order chi connectivity index (χ0) is 50.8. The highest BCUT2D eigenvalue weighted by Crippen LogP contribution is 2.37. The molecule has 5 rings (SSSR count). The zero-order valence-corrected chi connectivity index (χ0v) is 43.0. The molecule has 2 amide bonds. The van der Waals surface area contributed by atoms with E-state index in [1.165, 1.54) is 11.9 Å². The molecular weight excluding hydrogens is 907 g/mol. The number of nitrogens with one attached hydrogen (secondary N) is 2. The molecule has 5 unspecified atom stereocenters. The Labute approximate surface area is 418 Å². The van der Waals surface area contributed by atoms with Crippen molar-refractivity contribution in [1.29, 1.82) is 0 Å². The number of methoxy groups -OCH3 is 3. The quantitative estimate of drug-likeness (QED) is 0.0294. The van der Waals surface area contributed by atoms with E-state index in [9.17, 15) is 29.1 Å². The van der Waals surface area contributed by atoms with E-state index < -0.39 is 58.9 Å². The van der Waals surface area contributed by atoms with Crippen molar-refractivity contribution in [1.82, 2.24) is 9.62 Å². The molecule has 1 saturated carbocycles. The standard InChI is InChI=1S/C56H73N3O10S/c1-9-56(4,5)54(64)53(63)44-20-13-14-21-45(44)55(65)69-48(28-22-39-23-29-49(67-7)50(33-39)68-8)40-18-15-19-41(34-40)57-51(61)30-31-52(62)58-46(32-38-16-11-10-12-17-38)47(60)36-59(35-37(2)3)70-43-26-24-42(66-6)25-27-43/h10-12,15-19,23-27,29,33-34,37,44-48,60H,9,13-14,20-22,28,30-32,35-36H2,1-8H3,(H,57,61)(H,58,62). The predicted octanol–water partition coefficient (Wildman–Crippen LogP) is 9.78. The molecule has 4 aromatic rings. The fraction of sp³-hybridized carbons (Fsp3) is 0.482. The first-order valence-electron chi connectivity index (χ1n) is 24.5. The highest BCUT2D eigenvalue weighted by atomic mass is 32.2. The molecule has 1 aliphatic rings. The predicted molar refractivity (Wildman–Crippen MR) is 274 cm³/mol. The topological polar surface area (TPSA) is 170 Å². The van der Waals surface area contributed by atoms with Crippen LogP contribution in [-0.2, 0) is 41.6 Å². The van der Waals surface area contributed by atoms with Crippen LogP contribution in [-0.4, -0.2) is 85.3 Å². The Balaban J connectivity index is 1.28. The average molecular weight is 980 g/mol. The highest BCUT2D eigenvalue weighted by Gasteiger charge is 2.43. The number of carbonyl (C=O) groups is 5. The SMILES string of the molecule is CCC(C)(C)C(=O)C(=O)C1CCCCC1C(=O)OC(CCc1ccc(OC)c(OC)c1)c1cccc(NC(=O)CCC(=O)NC(Cc2ccccc2)C(O)CN(CC(C)C)Sc2ccc(OC)cc2)c1. The number of ketones is 2. The lowest BCUT2D eigenvalue weighted by molar-refractivity contribution is -0.161. The lowest BCUT2D eigenvalue weighted by Gasteiger charge is -2.32. The number of benzene rings is 4. The molecule has 0 spiro atoms. The molecule has 0 heterocycles. The van der Waals surface area contributed by atoms with Gasteiger partial charge >= 0.3 is 5.97 Å². The molecule has 0 aliphatic heterocycles. The Hall–Kier alpha value is -5.70. The smallest absolute Gasteiger partial charge is 0.310 e. The van der Waals surface area contributed by atoms with Crippen molar-refractivity contribution < 1.29 is 48.0 Å². The number of Topliss-reactive ketones (excluding diaryl/α,β-unsaturated/α-hetero) is 2. The lowest BCUT2D eigenvalue weighted by atomic mass is 9.72. The van der Waals surface area contributed by atoms with Crippen LogP contribution in [0.1, 0.15) is 109 Å². The van der Waals surface area contributed by atoms with Crippen molar-refractivity contribution in [2.24, 2.45) is 23.2 Å². The summed E-state index contributed by atoms with van der Waals surface area (Å²) in [6.45, 7) is 10.6. The number of carbonyl (C=O) groups excluding carboxylic acids is 5. The molecular formula is C56H73N3O10S. The first-order chi connectivity index (χ1) is 33.5. The van der Waals surface area contributed by atoms with Crippen molar-refractivity contribution in [3.05, 3.63) is 114 Å². The molecule has 1 aliphatic carbocycles. The molecule has 13 nitrogen and oxygen atoms in total. The summed E-state index contributed by atoms with van der Waals surface area (Å²) >= 11 is 1.54. The number of hydrogen-bond acceptors (Lipinski definition) is 12. The van der Waals surface area contributed by atoms with Gasteiger partial charge < -0.3 is 34.7 Å². The minimum atomic E-state index is -0.931. The van der Waals surface area contributed by atoms with Gasteiger partial charge in [0.1, 0.15) is 11.9 Å². The van der Waals surface area contributed by atoms with Crippen LogP contribution in [0.15, 0.2) is 102 Å². The van der Waals surface area contributed by atoms with Gasteiger partial charge in [-0.05, 0) is 122 Å². The number of nitrogens with zero attached hydrogens (tertiary/aromatic N) is 1. The van der Waals surface area contributed by atoms with E-state index in [-0.39, 0.29) is 25.3 Å². The van der Waals surface area contributed by atoms with Crippen molar-refractivity contribution in [2.75, 3.05) is 39.7 Å². The number of hydrogen-bond donors (Lipinski definition) is 3. The number of aryl methyl sites for hydroxylation is 1. The number of aliphatic hydroxyl groups is 1. The minimum Gasteiger partial charge on any atom is -0.497 e. The summed E-state index contributed by atoms with van der Waals surface area (Å²) in [6, 6.07) is 29.4. The molecule has 14 heteroatoms. The molecule has 0 aromatic heterocycles. The summed E-state index contributed by atoms with van der Waals surface area (Å²) < 4.78 is 24.7. The zero-order valence-electron chi connectivity index (χ0n) is 42.2. The van der Waals surface area contributed by atoms with E-state index in [1.54, 1.807) is 53.4 Å². The van der Waals surface area contributed by atoms with E-state index in [0.717, 1.165) is 34.6 Å².